The average molecular weight is 324 g/mol. The zero-order chi connectivity index (χ0) is 15.1. The Balaban J connectivity index is 1.92. The van der Waals surface area contributed by atoms with Gasteiger partial charge in [0.05, 0.1) is 4.90 Å². The first-order valence-corrected chi connectivity index (χ1v) is 9.35. The molecule has 2 aromatic rings. The van der Waals surface area contributed by atoms with Gasteiger partial charge in [0.25, 0.3) is 0 Å². The van der Waals surface area contributed by atoms with Crippen molar-refractivity contribution in [2.45, 2.75) is 24.8 Å². The molecule has 0 fully saturated rings. The lowest BCUT2D eigenvalue weighted by molar-refractivity contribution is 0.581. The van der Waals surface area contributed by atoms with Gasteiger partial charge in [0, 0.05) is 13.1 Å². The largest absolute Gasteiger partial charge is 0.313 e. The van der Waals surface area contributed by atoms with Gasteiger partial charge >= 0.3 is 0 Å². The molecular formula is C15H20N2O2S2. The number of hydrogen-bond donors (Lipinski definition) is 2. The first-order valence-electron chi connectivity index (χ1n) is 6.92. The van der Waals surface area contributed by atoms with Crippen molar-refractivity contribution >= 4 is 21.4 Å². The first-order chi connectivity index (χ1) is 10.1. The average Bonchev–Trinajstić information content (AvgIpc) is 2.98. The van der Waals surface area contributed by atoms with Crippen LogP contribution in [0.1, 0.15) is 18.1 Å². The van der Waals surface area contributed by atoms with Crippen LogP contribution in [-0.2, 0) is 23.0 Å². The fraction of sp³-hybridized carbons (Fsp3) is 0.333. The molecule has 0 saturated heterocycles. The molecule has 1 aromatic carbocycles. The molecule has 0 aliphatic carbocycles. The summed E-state index contributed by atoms with van der Waals surface area (Å²) in [5, 5.41) is 7.23. The highest BCUT2D eigenvalue weighted by atomic mass is 32.2. The lowest BCUT2D eigenvalue weighted by Gasteiger charge is -2.07. The molecule has 0 amide bonds. The predicted molar refractivity (Wildman–Crippen MR) is 87.0 cm³/mol. The molecule has 0 radical (unpaired) electrons. The van der Waals surface area contributed by atoms with Gasteiger partial charge in [-0.15, -0.1) is 0 Å². The van der Waals surface area contributed by atoms with E-state index in [1.165, 1.54) is 0 Å². The normalized spacial score (nSPS) is 11.7. The van der Waals surface area contributed by atoms with E-state index in [1.54, 1.807) is 23.5 Å². The topological polar surface area (TPSA) is 58.2 Å². The minimum Gasteiger partial charge on any atom is -0.313 e. The summed E-state index contributed by atoms with van der Waals surface area (Å²) in [5.74, 6) is 0. The summed E-state index contributed by atoms with van der Waals surface area (Å²) in [4.78, 5) is 0.313. The standard InChI is InChI=1S/C15H20N2O2S2/c1-2-16-11-13-3-5-15(6-4-13)21(18,19)17-9-7-14-8-10-20-12-14/h3-6,8,10,12,16-17H,2,7,9,11H2,1H3. The van der Waals surface area contributed by atoms with E-state index in [9.17, 15) is 8.42 Å². The Bertz CT molecular complexity index is 635. The summed E-state index contributed by atoms with van der Waals surface area (Å²) in [6.07, 6.45) is 0.710. The molecule has 0 aliphatic heterocycles. The molecule has 0 bridgehead atoms. The van der Waals surface area contributed by atoms with Gasteiger partial charge in [0.15, 0.2) is 0 Å². The van der Waals surface area contributed by atoms with Crippen LogP contribution in [0.5, 0.6) is 0 Å². The number of hydrogen-bond acceptors (Lipinski definition) is 4. The van der Waals surface area contributed by atoms with Gasteiger partial charge in [0.1, 0.15) is 0 Å². The molecule has 1 heterocycles. The van der Waals surface area contributed by atoms with E-state index in [0.29, 0.717) is 17.9 Å². The first kappa shape index (κ1) is 16.2. The van der Waals surface area contributed by atoms with Crippen molar-refractivity contribution < 1.29 is 8.42 Å². The quantitative estimate of drug-likeness (QED) is 0.784. The van der Waals surface area contributed by atoms with E-state index < -0.39 is 10.0 Å². The second kappa shape index (κ2) is 7.70. The van der Waals surface area contributed by atoms with Gasteiger partial charge in [-0.1, -0.05) is 19.1 Å². The number of sulfonamides is 1. The zero-order valence-electron chi connectivity index (χ0n) is 12.0. The number of benzene rings is 1. The van der Waals surface area contributed by atoms with Gasteiger partial charge in [-0.25, -0.2) is 13.1 Å². The molecule has 21 heavy (non-hydrogen) atoms. The third-order valence-corrected chi connectivity index (χ3v) is 5.31. The second-order valence-electron chi connectivity index (χ2n) is 4.70. The molecule has 0 aliphatic rings. The van der Waals surface area contributed by atoms with Crippen LogP contribution >= 0.6 is 11.3 Å². The smallest absolute Gasteiger partial charge is 0.240 e. The Morgan fingerprint density at radius 2 is 1.86 bits per heavy atom. The number of thiophene rings is 1. The molecule has 6 heteroatoms. The van der Waals surface area contributed by atoms with Crippen LogP contribution < -0.4 is 10.0 Å². The van der Waals surface area contributed by atoms with E-state index in [2.05, 4.69) is 10.0 Å². The predicted octanol–water partition coefficient (Wildman–Crippen LogP) is 2.38. The van der Waals surface area contributed by atoms with Crippen molar-refractivity contribution in [3.05, 3.63) is 52.2 Å². The van der Waals surface area contributed by atoms with E-state index >= 15 is 0 Å². The number of nitrogens with one attached hydrogen (secondary N) is 2. The van der Waals surface area contributed by atoms with Crippen molar-refractivity contribution in [3.8, 4) is 0 Å². The van der Waals surface area contributed by atoms with Crippen LogP contribution in [-0.4, -0.2) is 21.5 Å². The molecule has 0 unspecified atom stereocenters. The molecular weight excluding hydrogens is 304 g/mol. The highest BCUT2D eigenvalue weighted by Crippen LogP contribution is 2.11. The van der Waals surface area contributed by atoms with Crippen LogP contribution in [0.15, 0.2) is 46.0 Å². The third-order valence-electron chi connectivity index (χ3n) is 3.10. The fourth-order valence-electron chi connectivity index (χ4n) is 1.90. The molecule has 0 atom stereocenters. The second-order valence-corrected chi connectivity index (χ2v) is 7.25. The van der Waals surface area contributed by atoms with Crippen LogP contribution in [0.2, 0.25) is 0 Å². The van der Waals surface area contributed by atoms with Crippen molar-refractivity contribution in [2.75, 3.05) is 13.1 Å². The van der Waals surface area contributed by atoms with Crippen LogP contribution in [0.3, 0.4) is 0 Å². The number of rotatable bonds is 8. The molecule has 2 rings (SSSR count). The van der Waals surface area contributed by atoms with Gasteiger partial charge < -0.3 is 5.32 Å². The summed E-state index contributed by atoms with van der Waals surface area (Å²) in [5.41, 5.74) is 2.23. The van der Waals surface area contributed by atoms with E-state index in [1.807, 2.05) is 35.9 Å². The van der Waals surface area contributed by atoms with Gasteiger partial charge in [0.2, 0.25) is 10.0 Å². The maximum Gasteiger partial charge on any atom is 0.240 e. The summed E-state index contributed by atoms with van der Waals surface area (Å²) >= 11 is 1.62. The van der Waals surface area contributed by atoms with Crippen molar-refractivity contribution in [2.24, 2.45) is 0 Å². The lowest BCUT2D eigenvalue weighted by Crippen LogP contribution is -2.26. The summed E-state index contributed by atoms with van der Waals surface area (Å²) < 4.78 is 27.0. The van der Waals surface area contributed by atoms with Crippen molar-refractivity contribution in [3.63, 3.8) is 0 Å². The SMILES string of the molecule is CCNCc1ccc(S(=O)(=O)NCCc2ccsc2)cc1. The monoisotopic (exact) mass is 324 g/mol. The Morgan fingerprint density at radius 1 is 1.10 bits per heavy atom. The fourth-order valence-corrected chi connectivity index (χ4v) is 3.64. The van der Waals surface area contributed by atoms with Gasteiger partial charge in [-0.3, -0.25) is 0 Å². The van der Waals surface area contributed by atoms with Crippen LogP contribution in [0.25, 0.3) is 0 Å². The minimum atomic E-state index is -3.42. The summed E-state index contributed by atoms with van der Waals surface area (Å²) in [7, 11) is -3.42. The molecule has 0 spiro atoms. The maximum atomic E-state index is 12.2. The van der Waals surface area contributed by atoms with Crippen LogP contribution in [0.4, 0.5) is 0 Å². The molecule has 1 aromatic heterocycles. The molecule has 0 saturated carbocycles. The summed E-state index contributed by atoms with van der Waals surface area (Å²) in [6, 6.07) is 9.00. The Labute approximate surface area is 130 Å². The van der Waals surface area contributed by atoms with E-state index in [4.69, 9.17) is 0 Å². The van der Waals surface area contributed by atoms with Gasteiger partial charge in [-0.2, -0.15) is 11.3 Å². The van der Waals surface area contributed by atoms with E-state index in [0.717, 1.165) is 24.2 Å². The van der Waals surface area contributed by atoms with Crippen molar-refractivity contribution in [1.82, 2.24) is 10.0 Å². The van der Waals surface area contributed by atoms with Gasteiger partial charge in [-0.05, 0) is 53.1 Å². The maximum absolute atomic E-state index is 12.2. The zero-order valence-corrected chi connectivity index (χ0v) is 13.6. The Kier molecular flexibility index (Phi) is 5.93. The molecule has 4 nitrogen and oxygen atoms in total. The molecule has 2 N–H and O–H groups in total. The Hall–Kier alpha value is -1.21. The summed E-state index contributed by atoms with van der Waals surface area (Å²) in [6.45, 7) is 4.10. The van der Waals surface area contributed by atoms with Crippen LogP contribution in [0, 0.1) is 0 Å². The Morgan fingerprint density at radius 3 is 2.48 bits per heavy atom. The molecule has 114 valence electrons. The van der Waals surface area contributed by atoms with E-state index in [-0.39, 0.29) is 0 Å². The highest BCUT2D eigenvalue weighted by Gasteiger charge is 2.13. The lowest BCUT2D eigenvalue weighted by atomic mass is 10.2. The van der Waals surface area contributed by atoms with Crippen molar-refractivity contribution in [1.29, 1.82) is 0 Å². The highest BCUT2D eigenvalue weighted by molar-refractivity contribution is 7.89. The minimum absolute atomic E-state index is 0.313. The third kappa shape index (κ3) is 4.93.